The summed E-state index contributed by atoms with van der Waals surface area (Å²) in [6.45, 7) is 4.59. The maximum atomic E-state index is 12.3. The molecule has 0 saturated heterocycles. The Morgan fingerprint density at radius 2 is 1.68 bits per heavy atom. The van der Waals surface area contributed by atoms with Gasteiger partial charge in [-0.3, -0.25) is 4.79 Å². The molecule has 1 amide bonds. The number of hydrogen-bond acceptors (Lipinski definition) is 2. The van der Waals surface area contributed by atoms with Crippen LogP contribution in [0.5, 0.6) is 0 Å². The first-order chi connectivity index (χ1) is 8.54. The molecule has 2 aliphatic carbocycles. The molecule has 0 spiro atoms. The zero-order valence-corrected chi connectivity index (χ0v) is 13.0. The van der Waals surface area contributed by atoms with Gasteiger partial charge in [-0.25, -0.2) is 0 Å². The van der Waals surface area contributed by atoms with Gasteiger partial charge in [0.15, 0.2) is 0 Å². The van der Waals surface area contributed by atoms with Crippen molar-refractivity contribution in [3.8, 4) is 0 Å². The van der Waals surface area contributed by atoms with Gasteiger partial charge in [-0.2, -0.15) is 0 Å². The molecule has 3 nitrogen and oxygen atoms in total. The standard InChI is InChI=1S/C15H28N2O.ClH/c1-10-6-11(2)8-14(7-10)17-15(18)12-4-3-5-13(16)9-12;/h10-14H,3-9,16H2,1-2H3,(H,17,18);1H. The van der Waals surface area contributed by atoms with Crippen LogP contribution in [0.3, 0.4) is 0 Å². The minimum absolute atomic E-state index is 0. The van der Waals surface area contributed by atoms with E-state index in [0.29, 0.717) is 6.04 Å². The SMILES string of the molecule is CC1CC(C)CC(NC(=O)C2CCCC(N)C2)C1.Cl. The third-order valence-electron chi connectivity index (χ3n) is 4.61. The zero-order chi connectivity index (χ0) is 13.1. The summed E-state index contributed by atoms with van der Waals surface area (Å²) in [5.41, 5.74) is 5.96. The summed E-state index contributed by atoms with van der Waals surface area (Å²) in [6.07, 6.45) is 7.70. The molecular formula is C15H29ClN2O. The van der Waals surface area contributed by atoms with E-state index in [2.05, 4.69) is 19.2 Å². The fourth-order valence-corrected chi connectivity index (χ4v) is 3.85. The van der Waals surface area contributed by atoms with Crippen LogP contribution < -0.4 is 11.1 Å². The predicted molar refractivity (Wildman–Crippen MR) is 81.3 cm³/mol. The van der Waals surface area contributed by atoms with Crippen LogP contribution in [0.25, 0.3) is 0 Å². The van der Waals surface area contributed by atoms with Crippen molar-refractivity contribution in [1.82, 2.24) is 5.32 Å². The minimum atomic E-state index is 0. The Bertz CT molecular complexity index is 288. The van der Waals surface area contributed by atoms with Crippen LogP contribution in [0, 0.1) is 17.8 Å². The fraction of sp³-hybridized carbons (Fsp3) is 0.933. The molecule has 4 unspecified atom stereocenters. The number of rotatable bonds is 2. The summed E-state index contributed by atoms with van der Waals surface area (Å²) >= 11 is 0. The topological polar surface area (TPSA) is 55.1 Å². The highest BCUT2D eigenvalue weighted by molar-refractivity contribution is 5.85. The highest BCUT2D eigenvalue weighted by Gasteiger charge is 2.29. The molecule has 0 heterocycles. The van der Waals surface area contributed by atoms with Crippen molar-refractivity contribution in [2.75, 3.05) is 0 Å². The highest BCUT2D eigenvalue weighted by atomic mass is 35.5. The van der Waals surface area contributed by atoms with Crippen LogP contribution >= 0.6 is 12.4 Å². The molecule has 4 heteroatoms. The van der Waals surface area contributed by atoms with Gasteiger partial charge < -0.3 is 11.1 Å². The van der Waals surface area contributed by atoms with Crippen molar-refractivity contribution in [3.05, 3.63) is 0 Å². The largest absolute Gasteiger partial charge is 0.353 e. The lowest BCUT2D eigenvalue weighted by Gasteiger charge is -2.34. The molecule has 0 aromatic rings. The minimum Gasteiger partial charge on any atom is -0.353 e. The van der Waals surface area contributed by atoms with Crippen molar-refractivity contribution in [3.63, 3.8) is 0 Å². The Hall–Kier alpha value is -0.280. The average Bonchev–Trinajstić information content (AvgIpc) is 2.27. The second-order valence-corrected chi connectivity index (χ2v) is 6.75. The first-order valence-electron chi connectivity index (χ1n) is 7.60. The number of amides is 1. The van der Waals surface area contributed by atoms with E-state index in [4.69, 9.17) is 5.73 Å². The average molecular weight is 289 g/mol. The maximum absolute atomic E-state index is 12.3. The van der Waals surface area contributed by atoms with Crippen LogP contribution in [0.1, 0.15) is 58.8 Å². The molecule has 4 atom stereocenters. The van der Waals surface area contributed by atoms with E-state index in [1.54, 1.807) is 0 Å². The van der Waals surface area contributed by atoms with Crippen LogP contribution in [0.4, 0.5) is 0 Å². The predicted octanol–water partition coefficient (Wildman–Crippen LogP) is 2.87. The molecule has 2 saturated carbocycles. The number of carbonyl (C=O) groups is 1. The molecule has 0 aromatic carbocycles. The Labute approximate surface area is 123 Å². The van der Waals surface area contributed by atoms with Gasteiger partial charge in [0.25, 0.3) is 0 Å². The smallest absolute Gasteiger partial charge is 0.223 e. The molecule has 19 heavy (non-hydrogen) atoms. The monoisotopic (exact) mass is 288 g/mol. The molecule has 0 aromatic heterocycles. The summed E-state index contributed by atoms with van der Waals surface area (Å²) in [5, 5.41) is 3.28. The van der Waals surface area contributed by atoms with Gasteiger partial charge in [0.05, 0.1) is 0 Å². The summed E-state index contributed by atoms with van der Waals surface area (Å²) in [4.78, 5) is 12.3. The summed E-state index contributed by atoms with van der Waals surface area (Å²) in [5.74, 6) is 1.91. The molecule has 0 aliphatic heterocycles. The van der Waals surface area contributed by atoms with Crippen LogP contribution in [0.2, 0.25) is 0 Å². The summed E-state index contributed by atoms with van der Waals surface area (Å²) in [7, 11) is 0. The van der Waals surface area contributed by atoms with Gasteiger partial charge in [-0.1, -0.05) is 20.3 Å². The number of nitrogens with two attached hydrogens (primary N) is 1. The Balaban J connectivity index is 0.00000180. The lowest BCUT2D eigenvalue weighted by atomic mass is 9.79. The first kappa shape index (κ1) is 16.8. The van der Waals surface area contributed by atoms with E-state index in [1.165, 1.54) is 6.42 Å². The van der Waals surface area contributed by atoms with Gasteiger partial charge in [-0.05, 0) is 50.4 Å². The van der Waals surface area contributed by atoms with E-state index in [9.17, 15) is 4.79 Å². The molecule has 2 aliphatic rings. The van der Waals surface area contributed by atoms with Crippen molar-refractivity contribution >= 4 is 18.3 Å². The molecule has 3 N–H and O–H groups in total. The van der Waals surface area contributed by atoms with Crippen molar-refractivity contribution < 1.29 is 4.79 Å². The maximum Gasteiger partial charge on any atom is 0.223 e. The second-order valence-electron chi connectivity index (χ2n) is 6.75. The van der Waals surface area contributed by atoms with Gasteiger partial charge in [0.1, 0.15) is 0 Å². The van der Waals surface area contributed by atoms with Gasteiger partial charge in [0, 0.05) is 18.0 Å². The van der Waals surface area contributed by atoms with E-state index in [1.807, 2.05) is 0 Å². The molecule has 2 rings (SSSR count). The highest BCUT2D eigenvalue weighted by Crippen LogP contribution is 2.29. The van der Waals surface area contributed by atoms with Crippen molar-refractivity contribution in [1.29, 1.82) is 0 Å². The van der Waals surface area contributed by atoms with E-state index in [0.717, 1.165) is 50.4 Å². The molecule has 0 bridgehead atoms. The normalized spacial score (nSPS) is 39.2. The molecule has 112 valence electrons. The van der Waals surface area contributed by atoms with Crippen LogP contribution in [-0.4, -0.2) is 18.0 Å². The Kier molecular flexibility index (Phi) is 6.61. The van der Waals surface area contributed by atoms with E-state index < -0.39 is 0 Å². The number of hydrogen-bond donors (Lipinski definition) is 2. The van der Waals surface area contributed by atoms with Crippen LogP contribution in [-0.2, 0) is 4.79 Å². The van der Waals surface area contributed by atoms with E-state index >= 15 is 0 Å². The van der Waals surface area contributed by atoms with Gasteiger partial charge in [0.2, 0.25) is 5.91 Å². The number of halogens is 1. The van der Waals surface area contributed by atoms with Gasteiger partial charge >= 0.3 is 0 Å². The molecule has 2 fully saturated rings. The summed E-state index contributed by atoms with van der Waals surface area (Å²) in [6, 6.07) is 0.633. The molecule has 0 radical (unpaired) electrons. The first-order valence-corrected chi connectivity index (χ1v) is 7.60. The second kappa shape index (κ2) is 7.49. The Morgan fingerprint density at radius 3 is 2.26 bits per heavy atom. The van der Waals surface area contributed by atoms with Crippen molar-refractivity contribution in [2.45, 2.75) is 70.9 Å². The Morgan fingerprint density at radius 1 is 1.05 bits per heavy atom. The zero-order valence-electron chi connectivity index (χ0n) is 12.2. The lowest BCUT2D eigenvalue weighted by Crippen LogP contribution is -2.45. The lowest BCUT2D eigenvalue weighted by molar-refractivity contribution is -0.127. The number of carbonyl (C=O) groups excluding carboxylic acids is 1. The van der Waals surface area contributed by atoms with E-state index in [-0.39, 0.29) is 30.3 Å². The summed E-state index contributed by atoms with van der Waals surface area (Å²) < 4.78 is 0. The quantitative estimate of drug-likeness (QED) is 0.821. The van der Waals surface area contributed by atoms with Gasteiger partial charge in [-0.15, -0.1) is 12.4 Å². The fourth-order valence-electron chi connectivity index (χ4n) is 3.85. The number of nitrogens with one attached hydrogen (secondary N) is 1. The molecular weight excluding hydrogens is 260 g/mol. The van der Waals surface area contributed by atoms with Crippen molar-refractivity contribution in [2.24, 2.45) is 23.5 Å². The third kappa shape index (κ3) is 4.96. The third-order valence-corrected chi connectivity index (χ3v) is 4.61. The van der Waals surface area contributed by atoms with Crippen LogP contribution in [0.15, 0.2) is 0 Å².